The summed E-state index contributed by atoms with van der Waals surface area (Å²) in [5, 5.41) is 6.51. The van der Waals surface area contributed by atoms with Crippen LogP contribution in [0.15, 0.2) is 33.7 Å². The van der Waals surface area contributed by atoms with Gasteiger partial charge in [-0.15, -0.1) is 0 Å². The summed E-state index contributed by atoms with van der Waals surface area (Å²) in [5.74, 6) is 0.389. The molecule has 0 unspecified atom stereocenters. The van der Waals surface area contributed by atoms with Crippen LogP contribution in [-0.2, 0) is 21.4 Å². The first-order valence-electron chi connectivity index (χ1n) is 7.69. The lowest BCUT2D eigenvalue weighted by molar-refractivity contribution is -0.117. The molecular formula is C16H19N3O4S. The fraction of sp³-hybridized carbons (Fsp3) is 0.375. The predicted molar refractivity (Wildman–Crippen MR) is 87.8 cm³/mol. The third-order valence-electron chi connectivity index (χ3n) is 3.85. The van der Waals surface area contributed by atoms with Gasteiger partial charge in [0.1, 0.15) is 10.6 Å². The van der Waals surface area contributed by atoms with E-state index in [0.29, 0.717) is 11.4 Å². The second-order valence-electron chi connectivity index (χ2n) is 5.94. The lowest BCUT2D eigenvalue weighted by atomic mass is 10.2. The van der Waals surface area contributed by atoms with Gasteiger partial charge in [-0.3, -0.25) is 4.79 Å². The van der Waals surface area contributed by atoms with Crippen LogP contribution in [0.2, 0.25) is 0 Å². The molecule has 2 N–H and O–H groups in total. The van der Waals surface area contributed by atoms with Gasteiger partial charge in [0.15, 0.2) is 5.76 Å². The molecule has 1 saturated carbocycles. The van der Waals surface area contributed by atoms with Crippen molar-refractivity contribution in [3.05, 3.63) is 41.3 Å². The largest absolute Gasteiger partial charge is 0.360 e. The number of amides is 1. The molecule has 0 bridgehead atoms. The first kappa shape index (κ1) is 16.7. The van der Waals surface area contributed by atoms with Crippen LogP contribution in [0.5, 0.6) is 0 Å². The predicted octanol–water partition coefficient (Wildman–Crippen LogP) is 2.12. The monoisotopic (exact) mass is 349 g/mol. The summed E-state index contributed by atoms with van der Waals surface area (Å²) in [6.07, 6.45) is 1.87. The maximum Gasteiger partial charge on any atom is 0.246 e. The average molecular weight is 349 g/mol. The van der Waals surface area contributed by atoms with Gasteiger partial charge in [0.05, 0.1) is 0 Å². The standard InChI is InChI=1S/C16H19N3O4S/c1-10-15(11(2)23-19-10)24(21,22)17-9-12-4-3-5-14(8-12)18-16(20)13-6-7-13/h3-5,8,13,17H,6-7,9H2,1-2H3,(H,18,20). The summed E-state index contributed by atoms with van der Waals surface area (Å²) in [6, 6.07) is 7.12. The van der Waals surface area contributed by atoms with Crippen LogP contribution in [0.3, 0.4) is 0 Å². The Morgan fingerprint density at radius 3 is 2.71 bits per heavy atom. The highest BCUT2D eigenvalue weighted by Gasteiger charge is 2.29. The van der Waals surface area contributed by atoms with Gasteiger partial charge in [-0.1, -0.05) is 17.3 Å². The van der Waals surface area contributed by atoms with Crippen LogP contribution in [-0.4, -0.2) is 19.5 Å². The van der Waals surface area contributed by atoms with E-state index < -0.39 is 10.0 Å². The van der Waals surface area contributed by atoms with Crippen molar-refractivity contribution in [3.8, 4) is 0 Å². The average Bonchev–Trinajstić information content (AvgIpc) is 3.31. The molecule has 7 nitrogen and oxygen atoms in total. The van der Waals surface area contributed by atoms with Crippen LogP contribution in [0.1, 0.15) is 29.9 Å². The summed E-state index contributed by atoms with van der Waals surface area (Å²) >= 11 is 0. The second-order valence-corrected chi connectivity index (χ2v) is 7.65. The molecule has 0 aliphatic heterocycles. The Morgan fingerprint density at radius 2 is 2.08 bits per heavy atom. The molecule has 1 aliphatic rings. The third-order valence-corrected chi connectivity index (χ3v) is 5.49. The fourth-order valence-electron chi connectivity index (χ4n) is 2.46. The number of nitrogens with zero attached hydrogens (tertiary/aromatic N) is 1. The van der Waals surface area contributed by atoms with E-state index in [-0.39, 0.29) is 29.0 Å². The number of carbonyl (C=O) groups excluding carboxylic acids is 1. The number of hydrogen-bond acceptors (Lipinski definition) is 5. The van der Waals surface area contributed by atoms with Crippen molar-refractivity contribution in [2.24, 2.45) is 5.92 Å². The number of benzene rings is 1. The van der Waals surface area contributed by atoms with Gasteiger partial charge in [-0.25, -0.2) is 13.1 Å². The number of sulfonamides is 1. The number of rotatable bonds is 6. The molecule has 0 radical (unpaired) electrons. The van der Waals surface area contributed by atoms with E-state index in [1.165, 1.54) is 0 Å². The molecule has 128 valence electrons. The zero-order valence-electron chi connectivity index (χ0n) is 13.5. The maximum atomic E-state index is 12.4. The molecule has 3 rings (SSSR count). The smallest absolute Gasteiger partial charge is 0.246 e. The van der Waals surface area contributed by atoms with Crippen molar-refractivity contribution in [1.29, 1.82) is 0 Å². The molecule has 2 aromatic rings. The fourth-order valence-corrected chi connectivity index (χ4v) is 3.80. The first-order valence-corrected chi connectivity index (χ1v) is 9.17. The molecule has 24 heavy (non-hydrogen) atoms. The lowest BCUT2D eigenvalue weighted by Gasteiger charge is -2.09. The van der Waals surface area contributed by atoms with Gasteiger partial charge in [0, 0.05) is 18.2 Å². The zero-order valence-corrected chi connectivity index (χ0v) is 14.3. The van der Waals surface area contributed by atoms with Crippen LogP contribution in [0.25, 0.3) is 0 Å². The first-order chi connectivity index (χ1) is 11.4. The van der Waals surface area contributed by atoms with E-state index in [1.54, 1.807) is 38.1 Å². The molecule has 8 heteroatoms. The molecule has 1 aromatic carbocycles. The van der Waals surface area contributed by atoms with Crippen molar-refractivity contribution in [2.45, 2.75) is 38.1 Å². The number of carbonyl (C=O) groups is 1. The van der Waals surface area contributed by atoms with Gasteiger partial charge < -0.3 is 9.84 Å². The highest BCUT2D eigenvalue weighted by Crippen LogP contribution is 2.30. The van der Waals surface area contributed by atoms with E-state index in [0.717, 1.165) is 18.4 Å². The topological polar surface area (TPSA) is 101 Å². The summed E-state index contributed by atoms with van der Waals surface area (Å²) in [6.45, 7) is 3.25. The van der Waals surface area contributed by atoms with E-state index >= 15 is 0 Å². The minimum absolute atomic E-state index is 0.0171. The van der Waals surface area contributed by atoms with Crippen LogP contribution in [0, 0.1) is 19.8 Å². The Labute approximate surface area is 140 Å². The number of anilines is 1. The summed E-state index contributed by atoms with van der Waals surface area (Å²) in [5.41, 5.74) is 1.74. The highest BCUT2D eigenvalue weighted by molar-refractivity contribution is 7.89. The molecule has 1 heterocycles. The third kappa shape index (κ3) is 3.65. The van der Waals surface area contributed by atoms with Crippen LogP contribution in [0.4, 0.5) is 5.69 Å². The second kappa shape index (κ2) is 6.37. The molecule has 0 spiro atoms. The van der Waals surface area contributed by atoms with Crippen molar-refractivity contribution in [3.63, 3.8) is 0 Å². The molecular weight excluding hydrogens is 330 g/mol. The normalized spacial score (nSPS) is 14.6. The molecule has 1 aliphatic carbocycles. The maximum absolute atomic E-state index is 12.4. The SMILES string of the molecule is Cc1noc(C)c1S(=O)(=O)NCc1cccc(NC(=O)C2CC2)c1. The van der Waals surface area contributed by atoms with Crippen molar-refractivity contribution in [1.82, 2.24) is 9.88 Å². The van der Waals surface area contributed by atoms with Crippen molar-refractivity contribution >= 4 is 21.6 Å². The number of hydrogen-bond donors (Lipinski definition) is 2. The Bertz CT molecular complexity index is 850. The molecule has 0 saturated heterocycles. The molecule has 1 aromatic heterocycles. The van der Waals surface area contributed by atoms with Crippen molar-refractivity contribution < 1.29 is 17.7 Å². The minimum atomic E-state index is -3.71. The van der Waals surface area contributed by atoms with Gasteiger partial charge in [0.25, 0.3) is 0 Å². The lowest BCUT2D eigenvalue weighted by Crippen LogP contribution is -2.24. The van der Waals surface area contributed by atoms with Crippen LogP contribution >= 0.6 is 0 Å². The van der Waals surface area contributed by atoms with E-state index in [2.05, 4.69) is 15.2 Å². The number of nitrogens with one attached hydrogen (secondary N) is 2. The summed E-state index contributed by atoms with van der Waals surface area (Å²) < 4.78 is 32.2. The Morgan fingerprint density at radius 1 is 1.33 bits per heavy atom. The number of aryl methyl sites for hydroxylation is 2. The molecule has 1 fully saturated rings. The summed E-state index contributed by atoms with van der Waals surface area (Å²) in [7, 11) is -3.71. The van der Waals surface area contributed by atoms with E-state index in [4.69, 9.17) is 4.52 Å². The Balaban J connectivity index is 1.69. The molecule has 1 amide bonds. The van der Waals surface area contributed by atoms with Gasteiger partial charge in [-0.05, 0) is 44.4 Å². The van der Waals surface area contributed by atoms with E-state index in [1.807, 2.05) is 0 Å². The molecule has 0 atom stereocenters. The van der Waals surface area contributed by atoms with Gasteiger partial charge >= 0.3 is 0 Å². The van der Waals surface area contributed by atoms with Gasteiger partial charge in [0.2, 0.25) is 15.9 Å². The Kier molecular flexibility index (Phi) is 4.42. The number of aromatic nitrogens is 1. The van der Waals surface area contributed by atoms with Crippen LogP contribution < -0.4 is 10.0 Å². The van der Waals surface area contributed by atoms with E-state index in [9.17, 15) is 13.2 Å². The Hall–Kier alpha value is -2.19. The minimum Gasteiger partial charge on any atom is -0.360 e. The highest BCUT2D eigenvalue weighted by atomic mass is 32.2. The summed E-state index contributed by atoms with van der Waals surface area (Å²) in [4.78, 5) is 11.9. The zero-order chi connectivity index (χ0) is 17.3. The van der Waals surface area contributed by atoms with Crippen molar-refractivity contribution in [2.75, 3.05) is 5.32 Å². The quantitative estimate of drug-likeness (QED) is 0.832. The van der Waals surface area contributed by atoms with Gasteiger partial charge in [-0.2, -0.15) is 0 Å².